The third-order valence-electron chi connectivity index (χ3n) is 11.3. The maximum atomic E-state index is 15.8. The second-order valence-electron chi connectivity index (χ2n) is 16.2. The second kappa shape index (κ2) is 16.2. The second-order valence-corrected chi connectivity index (χ2v) is 18.4. The van der Waals surface area contributed by atoms with Crippen molar-refractivity contribution in [3.63, 3.8) is 0 Å². The summed E-state index contributed by atoms with van der Waals surface area (Å²) < 4.78 is 35.3. The molecule has 1 aliphatic rings. The Labute approximate surface area is 352 Å². The first-order valence-corrected chi connectivity index (χ1v) is 21.9. The first-order valence-electron chi connectivity index (χ1n) is 20.3. The lowest BCUT2D eigenvalue weighted by Crippen LogP contribution is -2.27. The number of nitrogens with two attached hydrogens (primary N) is 4. The summed E-state index contributed by atoms with van der Waals surface area (Å²) in [7, 11) is -3.87. The van der Waals surface area contributed by atoms with Gasteiger partial charge in [0, 0.05) is 33.9 Å². The number of nitrogen functional groups attached to an aromatic ring is 4. The van der Waals surface area contributed by atoms with Gasteiger partial charge in [0.25, 0.3) is 0 Å². The van der Waals surface area contributed by atoms with E-state index in [2.05, 4.69) is 65.0 Å². The number of rotatable bonds is 11. The largest absolute Gasteiger partial charge is 0.457 e. The Morgan fingerprint density at radius 3 is 1.83 bits per heavy atom. The maximum absolute atomic E-state index is 15.8. The van der Waals surface area contributed by atoms with Gasteiger partial charge in [-0.3, -0.25) is 4.57 Å². The van der Waals surface area contributed by atoms with Crippen LogP contribution in [0.3, 0.4) is 0 Å². The van der Waals surface area contributed by atoms with Crippen molar-refractivity contribution in [2.45, 2.75) is 59.3 Å². The van der Waals surface area contributed by atoms with Gasteiger partial charge in [-0.2, -0.15) is 0 Å². The standard InChI is InChI=1S/C51H51N4O4P/c1-30(2)43-27-34(23-32(4)50(43)54)26-35-24-33(5)51(55)44(28-35)31(3)25-36-9-8-11-46-49(36)42-10-6-7-12-47(42)60(56,59-46)48-29-41(57-39-17-13-37(52)14-18-39)21-22-45(48)58-40-19-15-38(53)16-20-40/h6-24,27-31H,25-26,52-55H2,1-5H3. The molecule has 8 rings (SSSR count). The van der Waals surface area contributed by atoms with Crippen molar-refractivity contribution >= 4 is 40.7 Å². The zero-order valence-electron chi connectivity index (χ0n) is 34.7. The molecule has 0 amide bonds. The molecule has 0 spiro atoms. The van der Waals surface area contributed by atoms with E-state index >= 15 is 4.57 Å². The molecule has 304 valence electrons. The van der Waals surface area contributed by atoms with Crippen LogP contribution in [-0.2, 0) is 17.4 Å². The lowest BCUT2D eigenvalue weighted by atomic mass is 9.85. The summed E-state index contributed by atoms with van der Waals surface area (Å²) in [6.45, 7) is 10.7. The normalized spacial score (nSPS) is 14.8. The van der Waals surface area contributed by atoms with Gasteiger partial charge in [0.1, 0.15) is 28.7 Å². The lowest BCUT2D eigenvalue weighted by molar-refractivity contribution is 0.467. The van der Waals surface area contributed by atoms with E-state index < -0.39 is 7.37 Å². The molecular formula is C51H51N4O4P. The molecule has 0 aliphatic carbocycles. The molecule has 8 N–H and O–H groups in total. The molecule has 9 heteroatoms. The Bertz CT molecular complexity index is 2780. The van der Waals surface area contributed by atoms with E-state index in [1.807, 2.05) is 36.4 Å². The van der Waals surface area contributed by atoms with E-state index in [9.17, 15) is 0 Å². The van der Waals surface area contributed by atoms with Crippen LogP contribution in [0.15, 0.2) is 133 Å². The molecule has 2 unspecified atom stereocenters. The highest BCUT2D eigenvalue weighted by molar-refractivity contribution is 7.75. The fraction of sp³-hybridized carbons (Fsp3) is 0.176. The lowest BCUT2D eigenvalue weighted by Gasteiger charge is -2.31. The third kappa shape index (κ3) is 7.91. The van der Waals surface area contributed by atoms with Gasteiger partial charge in [0.2, 0.25) is 0 Å². The molecule has 0 aromatic heterocycles. The molecule has 0 saturated heterocycles. The van der Waals surface area contributed by atoms with Crippen molar-refractivity contribution in [1.82, 2.24) is 0 Å². The van der Waals surface area contributed by atoms with Crippen molar-refractivity contribution in [3.05, 3.63) is 172 Å². The predicted molar refractivity (Wildman–Crippen MR) is 248 cm³/mol. The third-order valence-corrected chi connectivity index (χ3v) is 13.8. The summed E-state index contributed by atoms with van der Waals surface area (Å²) in [4.78, 5) is 0. The Kier molecular flexibility index (Phi) is 10.8. The van der Waals surface area contributed by atoms with Crippen molar-refractivity contribution in [2.75, 3.05) is 22.9 Å². The number of hydrogen-bond donors (Lipinski definition) is 4. The smallest absolute Gasteiger partial charge is 0.311 e. The number of ether oxygens (including phenoxy) is 2. The molecule has 8 nitrogen and oxygen atoms in total. The van der Waals surface area contributed by atoms with Crippen molar-refractivity contribution in [3.8, 4) is 39.9 Å². The maximum Gasteiger partial charge on any atom is 0.311 e. The fourth-order valence-corrected chi connectivity index (χ4v) is 10.6. The topological polar surface area (TPSA) is 149 Å². The molecule has 2 atom stereocenters. The minimum Gasteiger partial charge on any atom is -0.457 e. The van der Waals surface area contributed by atoms with Crippen LogP contribution in [0.1, 0.15) is 71.6 Å². The Morgan fingerprint density at radius 2 is 1.18 bits per heavy atom. The first-order chi connectivity index (χ1) is 28.8. The van der Waals surface area contributed by atoms with E-state index in [0.29, 0.717) is 63.1 Å². The van der Waals surface area contributed by atoms with Gasteiger partial charge in [-0.1, -0.05) is 75.4 Å². The van der Waals surface area contributed by atoms with Gasteiger partial charge >= 0.3 is 7.37 Å². The van der Waals surface area contributed by atoms with E-state index in [0.717, 1.165) is 51.2 Å². The van der Waals surface area contributed by atoms with Crippen molar-refractivity contribution in [1.29, 1.82) is 0 Å². The number of anilines is 4. The Hall–Kier alpha value is -6.63. The molecule has 1 aliphatic heterocycles. The number of benzene rings is 7. The minimum absolute atomic E-state index is 0.0532. The van der Waals surface area contributed by atoms with Crippen molar-refractivity contribution in [2.24, 2.45) is 0 Å². The van der Waals surface area contributed by atoms with Gasteiger partial charge in [0.05, 0.1) is 10.6 Å². The number of fused-ring (bicyclic) bond motifs is 3. The SMILES string of the molecule is Cc1cc(Cc2cc(C)c(N)c(C(C)Cc3cccc4c3-c3ccccc3P(=O)(c3cc(Oc5ccc(N)cc5)ccc3Oc3ccc(N)cc3)O4)c2)cc(C(C)C)c1N. The van der Waals surface area contributed by atoms with Gasteiger partial charge in [-0.15, -0.1) is 0 Å². The first kappa shape index (κ1) is 40.2. The molecule has 7 aromatic rings. The summed E-state index contributed by atoms with van der Waals surface area (Å²) in [5.41, 5.74) is 37.8. The van der Waals surface area contributed by atoms with Gasteiger partial charge in [-0.25, -0.2) is 0 Å². The van der Waals surface area contributed by atoms with E-state index in [-0.39, 0.29) is 5.92 Å². The Morgan fingerprint density at radius 1 is 0.600 bits per heavy atom. The highest BCUT2D eigenvalue weighted by Gasteiger charge is 2.41. The summed E-state index contributed by atoms with van der Waals surface area (Å²) in [6, 6.07) is 42.1. The molecule has 1 heterocycles. The van der Waals surface area contributed by atoms with Gasteiger partial charge in [-0.05, 0) is 156 Å². The van der Waals surface area contributed by atoms with Crippen LogP contribution in [0, 0.1) is 13.8 Å². The summed E-state index contributed by atoms with van der Waals surface area (Å²) in [5.74, 6) is 2.87. The van der Waals surface area contributed by atoms with Gasteiger partial charge in [0.15, 0.2) is 0 Å². The van der Waals surface area contributed by atoms with Crippen LogP contribution in [0.2, 0.25) is 0 Å². The molecule has 0 bridgehead atoms. The van der Waals surface area contributed by atoms with Gasteiger partial charge < -0.3 is 36.9 Å². The summed E-state index contributed by atoms with van der Waals surface area (Å²) in [5, 5.41) is 0.933. The quantitative estimate of drug-likeness (QED) is 0.0745. The van der Waals surface area contributed by atoms with Crippen LogP contribution in [-0.4, -0.2) is 0 Å². The molecule has 0 saturated carbocycles. The minimum atomic E-state index is -3.87. The molecule has 7 aromatic carbocycles. The highest BCUT2D eigenvalue weighted by atomic mass is 31.2. The average molecular weight is 815 g/mol. The highest BCUT2D eigenvalue weighted by Crippen LogP contribution is 2.57. The fourth-order valence-electron chi connectivity index (χ4n) is 8.22. The van der Waals surface area contributed by atoms with E-state index in [1.165, 1.54) is 16.7 Å². The van der Waals surface area contributed by atoms with Crippen LogP contribution < -0.4 is 47.5 Å². The summed E-state index contributed by atoms with van der Waals surface area (Å²) in [6.07, 6.45) is 1.45. The number of hydrogen-bond acceptors (Lipinski definition) is 8. The van der Waals surface area contributed by atoms with Crippen LogP contribution >= 0.6 is 7.37 Å². The average Bonchev–Trinajstić information content (AvgIpc) is 3.22. The molecule has 60 heavy (non-hydrogen) atoms. The molecular weight excluding hydrogens is 764 g/mol. The molecule has 0 fully saturated rings. The van der Waals surface area contributed by atoms with Crippen LogP contribution in [0.4, 0.5) is 22.7 Å². The van der Waals surface area contributed by atoms with Crippen LogP contribution in [0.25, 0.3) is 11.1 Å². The predicted octanol–water partition coefficient (Wildman–Crippen LogP) is 11.6. The van der Waals surface area contributed by atoms with Crippen LogP contribution in [0.5, 0.6) is 28.7 Å². The Balaban J connectivity index is 1.16. The zero-order valence-corrected chi connectivity index (χ0v) is 35.6. The zero-order chi connectivity index (χ0) is 42.3. The number of aryl methyl sites for hydroxylation is 2. The monoisotopic (exact) mass is 814 g/mol. The molecule has 0 radical (unpaired) electrons. The van der Waals surface area contributed by atoms with E-state index in [4.69, 9.17) is 36.9 Å². The summed E-state index contributed by atoms with van der Waals surface area (Å²) >= 11 is 0. The van der Waals surface area contributed by atoms with Crippen molar-refractivity contribution < 1.29 is 18.6 Å². The van der Waals surface area contributed by atoms with E-state index in [1.54, 1.807) is 66.7 Å².